The minimum Gasteiger partial charge on any atom is -0.497 e. The van der Waals surface area contributed by atoms with E-state index in [1.807, 2.05) is 53.4 Å². The van der Waals surface area contributed by atoms with Gasteiger partial charge < -0.3 is 10.1 Å². The van der Waals surface area contributed by atoms with Crippen LogP contribution in [0.2, 0.25) is 0 Å². The topological polar surface area (TPSA) is 79.0 Å². The second-order valence-corrected chi connectivity index (χ2v) is 10.6. The van der Waals surface area contributed by atoms with E-state index >= 15 is 0 Å². The van der Waals surface area contributed by atoms with Gasteiger partial charge in [-0.3, -0.25) is 14.6 Å². The zero-order valence-corrected chi connectivity index (χ0v) is 20.6. The molecular weight excluding hydrogens is 438 g/mol. The van der Waals surface area contributed by atoms with Crippen molar-refractivity contribution in [1.82, 2.24) is 15.1 Å². The highest BCUT2D eigenvalue weighted by molar-refractivity contribution is 7.91. The summed E-state index contributed by atoms with van der Waals surface area (Å²) >= 11 is 0. The average molecular weight is 474 g/mol. The van der Waals surface area contributed by atoms with Crippen LogP contribution in [0.15, 0.2) is 54.6 Å². The Hall–Kier alpha value is -2.42. The highest BCUT2D eigenvalue weighted by Gasteiger charge is 2.33. The molecule has 0 radical (unpaired) electrons. The lowest BCUT2D eigenvalue weighted by atomic mass is 10.0. The fourth-order valence-corrected chi connectivity index (χ4v) is 5.64. The van der Waals surface area contributed by atoms with Gasteiger partial charge in [-0.1, -0.05) is 56.3 Å². The summed E-state index contributed by atoms with van der Waals surface area (Å²) in [6.45, 7) is 7.07. The zero-order chi connectivity index (χ0) is 23.8. The smallest absolute Gasteiger partial charge is 0.242 e. The van der Waals surface area contributed by atoms with Crippen molar-refractivity contribution in [2.75, 3.05) is 51.3 Å². The number of likely N-dealkylation sites (N-methyl/N-ethyl adjacent to an activating group) is 1. The Kier molecular flexibility index (Phi) is 8.88. The number of sulfone groups is 1. The molecule has 0 saturated carbocycles. The van der Waals surface area contributed by atoms with Crippen LogP contribution < -0.4 is 10.1 Å². The number of nitrogens with zero attached hydrogens (tertiary/aromatic N) is 2. The van der Waals surface area contributed by atoms with E-state index in [-0.39, 0.29) is 23.5 Å². The largest absolute Gasteiger partial charge is 0.497 e. The van der Waals surface area contributed by atoms with Gasteiger partial charge in [0.1, 0.15) is 11.8 Å². The normalized spacial score (nSPS) is 17.9. The first-order valence-corrected chi connectivity index (χ1v) is 13.4. The van der Waals surface area contributed by atoms with Crippen molar-refractivity contribution >= 4 is 15.7 Å². The highest BCUT2D eigenvalue weighted by atomic mass is 32.2. The Morgan fingerprint density at radius 2 is 1.67 bits per heavy atom. The Bertz CT molecular complexity index is 995. The molecule has 33 heavy (non-hydrogen) atoms. The van der Waals surface area contributed by atoms with Gasteiger partial charge in [0.2, 0.25) is 5.91 Å². The number of methoxy groups -OCH3 is 1. The van der Waals surface area contributed by atoms with Crippen LogP contribution in [-0.2, 0) is 14.6 Å². The van der Waals surface area contributed by atoms with Gasteiger partial charge in [-0.25, -0.2) is 8.42 Å². The third-order valence-electron chi connectivity index (χ3n) is 6.31. The molecule has 1 aliphatic rings. The summed E-state index contributed by atoms with van der Waals surface area (Å²) < 4.78 is 29.3. The van der Waals surface area contributed by atoms with Crippen LogP contribution >= 0.6 is 0 Å². The lowest BCUT2D eigenvalue weighted by molar-refractivity contribution is -0.127. The molecule has 2 unspecified atom stereocenters. The van der Waals surface area contributed by atoms with Gasteiger partial charge in [-0.2, -0.15) is 0 Å². The Morgan fingerprint density at radius 1 is 1.03 bits per heavy atom. The van der Waals surface area contributed by atoms with E-state index in [2.05, 4.69) is 30.1 Å². The molecule has 2 aromatic rings. The molecule has 1 fully saturated rings. The molecule has 1 aliphatic heterocycles. The first-order chi connectivity index (χ1) is 15.9. The predicted octanol–water partition coefficient (Wildman–Crippen LogP) is 2.67. The van der Waals surface area contributed by atoms with Crippen molar-refractivity contribution < 1.29 is 17.9 Å². The van der Waals surface area contributed by atoms with Crippen LogP contribution in [-0.4, -0.2) is 75.5 Å². The second kappa shape index (κ2) is 11.6. The summed E-state index contributed by atoms with van der Waals surface area (Å²) in [5, 5.41) is 3.17. The lowest BCUT2D eigenvalue weighted by Crippen LogP contribution is -2.48. The van der Waals surface area contributed by atoms with Crippen molar-refractivity contribution in [1.29, 1.82) is 0 Å². The van der Waals surface area contributed by atoms with Gasteiger partial charge in [0.05, 0.1) is 24.7 Å². The predicted molar refractivity (Wildman–Crippen MR) is 131 cm³/mol. The standard InChI is InChI=1S/C25H35N3O4S/c1-4-27(5-2)23(21-12-9-13-22(18-21)32-3)19-26-25(29)24(20-10-7-6-8-11-20)28-14-16-33(30,31)17-15-28/h6-13,18,23-24H,4-5,14-17,19H2,1-3H3,(H,26,29). The summed E-state index contributed by atoms with van der Waals surface area (Å²) in [7, 11) is -1.39. The molecule has 1 heterocycles. The molecule has 1 saturated heterocycles. The van der Waals surface area contributed by atoms with Crippen molar-refractivity contribution in [3.8, 4) is 5.75 Å². The van der Waals surface area contributed by atoms with E-state index < -0.39 is 15.9 Å². The SMILES string of the molecule is CCN(CC)C(CNC(=O)C(c1ccccc1)N1CCS(=O)(=O)CC1)c1cccc(OC)c1. The zero-order valence-electron chi connectivity index (χ0n) is 19.7. The molecule has 1 N–H and O–H groups in total. The summed E-state index contributed by atoms with van der Waals surface area (Å²) in [6.07, 6.45) is 0. The van der Waals surface area contributed by atoms with E-state index in [0.717, 1.165) is 30.0 Å². The monoisotopic (exact) mass is 473 g/mol. The number of nitrogens with one attached hydrogen (secondary N) is 1. The third kappa shape index (κ3) is 6.56. The minimum atomic E-state index is -3.04. The number of amides is 1. The molecule has 1 amide bonds. The number of rotatable bonds is 10. The van der Waals surface area contributed by atoms with Gasteiger partial charge >= 0.3 is 0 Å². The fraction of sp³-hybridized carbons (Fsp3) is 0.480. The molecule has 8 heteroatoms. The van der Waals surface area contributed by atoms with E-state index in [9.17, 15) is 13.2 Å². The Labute approximate surface area is 197 Å². The van der Waals surface area contributed by atoms with Gasteiger partial charge in [0.15, 0.2) is 9.84 Å². The first-order valence-electron chi connectivity index (χ1n) is 11.5. The van der Waals surface area contributed by atoms with Crippen LogP contribution in [0, 0.1) is 0 Å². The number of hydrogen-bond acceptors (Lipinski definition) is 6. The Balaban J connectivity index is 1.82. The van der Waals surface area contributed by atoms with Gasteiger partial charge in [-0.05, 0) is 36.3 Å². The molecule has 0 aliphatic carbocycles. The highest BCUT2D eigenvalue weighted by Crippen LogP contribution is 2.26. The summed E-state index contributed by atoms with van der Waals surface area (Å²) in [5.74, 6) is 0.832. The molecule has 0 spiro atoms. The second-order valence-electron chi connectivity index (χ2n) is 8.26. The summed E-state index contributed by atoms with van der Waals surface area (Å²) in [5.41, 5.74) is 1.95. The molecule has 2 aromatic carbocycles. The third-order valence-corrected chi connectivity index (χ3v) is 7.92. The quantitative estimate of drug-likeness (QED) is 0.572. The maximum atomic E-state index is 13.5. The summed E-state index contributed by atoms with van der Waals surface area (Å²) in [6, 6.07) is 17.0. The van der Waals surface area contributed by atoms with Crippen LogP contribution in [0.1, 0.15) is 37.1 Å². The number of ether oxygens (including phenoxy) is 1. The van der Waals surface area contributed by atoms with Gasteiger partial charge in [-0.15, -0.1) is 0 Å². The van der Waals surface area contributed by atoms with E-state index in [1.165, 1.54) is 0 Å². The molecule has 180 valence electrons. The maximum Gasteiger partial charge on any atom is 0.242 e. The number of benzene rings is 2. The number of carbonyl (C=O) groups is 1. The van der Waals surface area contributed by atoms with Gasteiger partial charge in [0.25, 0.3) is 0 Å². The molecule has 7 nitrogen and oxygen atoms in total. The van der Waals surface area contributed by atoms with Crippen LogP contribution in [0.4, 0.5) is 0 Å². The number of carbonyl (C=O) groups excluding carboxylic acids is 1. The van der Waals surface area contributed by atoms with Crippen molar-refractivity contribution in [3.63, 3.8) is 0 Å². The minimum absolute atomic E-state index is 0.00259. The van der Waals surface area contributed by atoms with E-state index in [4.69, 9.17) is 4.74 Å². The average Bonchev–Trinajstić information content (AvgIpc) is 2.83. The van der Waals surface area contributed by atoms with Crippen molar-refractivity contribution in [3.05, 3.63) is 65.7 Å². The Morgan fingerprint density at radius 3 is 2.27 bits per heavy atom. The van der Waals surface area contributed by atoms with E-state index in [1.54, 1.807) is 7.11 Å². The molecule has 2 atom stereocenters. The first kappa shape index (κ1) is 25.2. The lowest BCUT2D eigenvalue weighted by Gasteiger charge is -2.35. The van der Waals surface area contributed by atoms with Gasteiger partial charge in [0, 0.05) is 19.6 Å². The molecule has 0 aromatic heterocycles. The van der Waals surface area contributed by atoms with Crippen LogP contribution in [0.3, 0.4) is 0 Å². The fourth-order valence-electron chi connectivity index (χ4n) is 4.41. The summed E-state index contributed by atoms with van der Waals surface area (Å²) in [4.78, 5) is 17.8. The molecule has 0 bridgehead atoms. The number of hydrogen-bond donors (Lipinski definition) is 1. The molecule has 3 rings (SSSR count). The van der Waals surface area contributed by atoms with Crippen LogP contribution in [0.25, 0.3) is 0 Å². The van der Waals surface area contributed by atoms with Crippen molar-refractivity contribution in [2.24, 2.45) is 0 Å². The van der Waals surface area contributed by atoms with E-state index in [0.29, 0.717) is 19.6 Å². The molecular formula is C25H35N3O4S. The van der Waals surface area contributed by atoms with Crippen molar-refractivity contribution in [2.45, 2.75) is 25.9 Å². The maximum absolute atomic E-state index is 13.5. The van der Waals surface area contributed by atoms with Crippen LogP contribution in [0.5, 0.6) is 5.75 Å².